The first-order valence-corrected chi connectivity index (χ1v) is 15.2. The summed E-state index contributed by atoms with van der Waals surface area (Å²) in [5.41, 5.74) is 6.85. The summed E-state index contributed by atoms with van der Waals surface area (Å²) in [4.78, 5) is 4.97. The average Bonchev–Trinajstić information content (AvgIpc) is 2.94. The number of nitrogens with zero attached hydrogens (tertiary/aromatic N) is 2. The van der Waals surface area contributed by atoms with Crippen LogP contribution in [0.5, 0.6) is 17.2 Å². The quantitative estimate of drug-likeness (QED) is 0.292. The number of hydrogen-bond donors (Lipinski definition) is 1. The van der Waals surface area contributed by atoms with Crippen LogP contribution in [0.2, 0.25) is 0 Å². The van der Waals surface area contributed by atoms with Crippen LogP contribution in [0.1, 0.15) is 81.5 Å². The first-order valence-electron chi connectivity index (χ1n) is 15.2. The largest absolute Gasteiger partial charge is 0.508 e. The predicted octanol–water partition coefficient (Wildman–Crippen LogP) is 7.73. The first-order chi connectivity index (χ1) is 19.6. The van der Waals surface area contributed by atoms with Gasteiger partial charge in [-0.15, -0.1) is 0 Å². The number of methoxy groups -OCH3 is 1. The van der Waals surface area contributed by atoms with Crippen LogP contribution in [0, 0.1) is 0 Å². The van der Waals surface area contributed by atoms with Crippen molar-refractivity contribution >= 4 is 5.69 Å². The molecular weight excluding hydrogens is 508 g/mol. The van der Waals surface area contributed by atoms with Gasteiger partial charge in [-0.05, 0) is 125 Å². The number of ether oxygens (including phenoxy) is 2. The van der Waals surface area contributed by atoms with Crippen molar-refractivity contribution in [3.05, 3.63) is 82.9 Å². The summed E-state index contributed by atoms with van der Waals surface area (Å²) < 4.78 is 11.8. The smallest absolute Gasteiger partial charge is 0.120 e. The highest BCUT2D eigenvalue weighted by atomic mass is 16.5. The molecule has 1 heterocycles. The van der Waals surface area contributed by atoms with E-state index in [4.69, 9.17) is 9.47 Å². The lowest BCUT2D eigenvalue weighted by molar-refractivity contribution is -0.0340. The standard InChI is InChI=1S/C36H48N2O3/c1-35(2)18-7-19-36(3,4)38(35)20-21-41-31-14-8-26(9-15-31)25-37(5)34-24-32(40-6)16-17-33(34)29-11-10-28-23-30(39)13-12-27(28)22-29/h8-9,12-17,23-24,29,39H,7,10-11,18-22,25H2,1-6H3. The Morgan fingerprint density at radius 3 is 2.32 bits per heavy atom. The number of piperidine rings is 1. The van der Waals surface area contributed by atoms with Crippen molar-refractivity contribution in [2.75, 3.05) is 32.2 Å². The zero-order valence-corrected chi connectivity index (χ0v) is 25.9. The van der Waals surface area contributed by atoms with Gasteiger partial charge in [0.1, 0.15) is 23.9 Å². The molecule has 1 N–H and O–H groups in total. The van der Waals surface area contributed by atoms with Crippen molar-refractivity contribution in [3.8, 4) is 17.2 Å². The van der Waals surface area contributed by atoms with E-state index in [0.717, 1.165) is 43.9 Å². The van der Waals surface area contributed by atoms with Crippen LogP contribution in [0.25, 0.3) is 0 Å². The van der Waals surface area contributed by atoms with E-state index >= 15 is 0 Å². The minimum atomic E-state index is 0.211. The van der Waals surface area contributed by atoms with Crippen molar-refractivity contribution in [3.63, 3.8) is 0 Å². The third kappa shape index (κ3) is 6.67. The van der Waals surface area contributed by atoms with Gasteiger partial charge in [-0.25, -0.2) is 0 Å². The second-order valence-corrected chi connectivity index (χ2v) is 13.3. The maximum Gasteiger partial charge on any atom is 0.120 e. The van der Waals surface area contributed by atoms with Gasteiger partial charge in [0, 0.05) is 43.0 Å². The van der Waals surface area contributed by atoms with E-state index in [1.165, 1.54) is 47.2 Å². The van der Waals surface area contributed by atoms with E-state index in [-0.39, 0.29) is 11.1 Å². The maximum atomic E-state index is 9.91. The number of phenols is 1. The topological polar surface area (TPSA) is 45.2 Å². The third-order valence-corrected chi connectivity index (χ3v) is 9.47. The number of likely N-dealkylation sites (tertiary alicyclic amines) is 1. The SMILES string of the molecule is COc1ccc(C2CCc3cc(O)ccc3C2)c(N(C)Cc2ccc(OCCN3C(C)(C)CCCC3(C)C)cc2)c1. The van der Waals surface area contributed by atoms with Crippen molar-refractivity contribution in [1.82, 2.24) is 4.90 Å². The summed E-state index contributed by atoms with van der Waals surface area (Å²) in [6.07, 6.45) is 6.82. The molecule has 1 aliphatic carbocycles. The van der Waals surface area contributed by atoms with E-state index in [1.807, 2.05) is 12.1 Å². The third-order valence-electron chi connectivity index (χ3n) is 9.47. The molecule has 41 heavy (non-hydrogen) atoms. The van der Waals surface area contributed by atoms with E-state index in [1.54, 1.807) is 7.11 Å². The van der Waals surface area contributed by atoms with Crippen molar-refractivity contribution < 1.29 is 14.6 Å². The molecule has 0 saturated carbocycles. The average molecular weight is 557 g/mol. The predicted molar refractivity (Wildman–Crippen MR) is 169 cm³/mol. The Morgan fingerprint density at radius 2 is 1.61 bits per heavy atom. The Labute approximate surface area is 247 Å². The van der Waals surface area contributed by atoms with Gasteiger partial charge in [-0.2, -0.15) is 0 Å². The number of rotatable bonds is 9. The summed E-state index contributed by atoms with van der Waals surface area (Å²) in [6.45, 7) is 11.9. The summed E-state index contributed by atoms with van der Waals surface area (Å²) in [6, 6.07) is 20.9. The minimum absolute atomic E-state index is 0.211. The summed E-state index contributed by atoms with van der Waals surface area (Å²) in [5, 5.41) is 9.91. The number of aromatic hydroxyl groups is 1. The van der Waals surface area contributed by atoms with Crippen molar-refractivity contribution in [2.24, 2.45) is 0 Å². The Hall–Kier alpha value is -3.18. The Morgan fingerprint density at radius 1 is 0.902 bits per heavy atom. The van der Waals surface area contributed by atoms with Crippen LogP contribution in [-0.4, -0.2) is 48.4 Å². The summed E-state index contributed by atoms with van der Waals surface area (Å²) in [5.74, 6) is 2.60. The van der Waals surface area contributed by atoms with Crippen LogP contribution in [0.4, 0.5) is 5.69 Å². The zero-order chi connectivity index (χ0) is 29.2. The summed E-state index contributed by atoms with van der Waals surface area (Å²) in [7, 11) is 3.90. The lowest BCUT2D eigenvalue weighted by Crippen LogP contribution is -2.59. The van der Waals surface area contributed by atoms with E-state index in [9.17, 15) is 5.11 Å². The highest BCUT2D eigenvalue weighted by Gasteiger charge is 2.40. The molecule has 0 radical (unpaired) electrons. The minimum Gasteiger partial charge on any atom is -0.508 e. The molecule has 1 atom stereocenters. The van der Waals surface area contributed by atoms with Crippen LogP contribution in [0.3, 0.4) is 0 Å². The zero-order valence-electron chi connectivity index (χ0n) is 25.9. The van der Waals surface area contributed by atoms with Crippen molar-refractivity contribution in [1.29, 1.82) is 0 Å². The molecule has 5 rings (SSSR count). The highest BCUT2D eigenvalue weighted by Crippen LogP contribution is 2.40. The Balaban J connectivity index is 1.24. The molecule has 2 aliphatic rings. The van der Waals surface area contributed by atoms with Gasteiger partial charge in [-0.3, -0.25) is 4.90 Å². The molecule has 5 heteroatoms. The van der Waals surface area contributed by atoms with E-state index in [2.05, 4.69) is 93.1 Å². The van der Waals surface area contributed by atoms with Gasteiger partial charge in [-0.1, -0.05) is 24.3 Å². The van der Waals surface area contributed by atoms with Crippen LogP contribution in [0.15, 0.2) is 60.7 Å². The maximum absolute atomic E-state index is 9.91. The number of fused-ring (bicyclic) bond motifs is 1. The van der Waals surface area contributed by atoms with Gasteiger partial charge >= 0.3 is 0 Å². The molecule has 1 saturated heterocycles. The fourth-order valence-corrected chi connectivity index (χ4v) is 7.29. The number of phenolic OH excluding ortho intramolecular Hbond substituents is 1. The molecule has 0 amide bonds. The molecule has 0 aromatic heterocycles. The molecule has 0 spiro atoms. The second kappa shape index (κ2) is 12.0. The van der Waals surface area contributed by atoms with Gasteiger partial charge in [0.05, 0.1) is 7.11 Å². The van der Waals surface area contributed by atoms with Gasteiger partial charge in [0.2, 0.25) is 0 Å². The Kier molecular flexibility index (Phi) is 8.56. The number of aryl methyl sites for hydroxylation is 1. The lowest BCUT2D eigenvalue weighted by Gasteiger charge is -2.53. The molecule has 1 unspecified atom stereocenters. The Bertz CT molecular complexity index is 1320. The highest BCUT2D eigenvalue weighted by molar-refractivity contribution is 5.59. The van der Waals surface area contributed by atoms with E-state index in [0.29, 0.717) is 18.3 Å². The summed E-state index contributed by atoms with van der Waals surface area (Å²) >= 11 is 0. The normalized spacial score (nSPS) is 19.8. The molecule has 220 valence electrons. The lowest BCUT2D eigenvalue weighted by atomic mass is 9.79. The molecule has 1 fully saturated rings. The van der Waals surface area contributed by atoms with Gasteiger partial charge in [0.15, 0.2) is 0 Å². The monoisotopic (exact) mass is 556 g/mol. The first kappa shape index (κ1) is 29.3. The number of hydrogen-bond acceptors (Lipinski definition) is 5. The van der Waals surface area contributed by atoms with Crippen molar-refractivity contribution in [2.45, 2.75) is 89.8 Å². The molecule has 5 nitrogen and oxygen atoms in total. The molecule has 3 aromatic rings. The van der Waals surface area contributed by atoms with E-state index < -0.39 is 0 Å². The van der Waals surface area contributed by atoms with Crippen LogP contribution in [-0.2, 0) is 19.4 Å². The molecule has 1 aliphatic heterocycles. The van der Waals surface area contributed by atoms with Crippen LogP contribution < -0.4 is 14.4 Å². The van der Waals surface area contributed by atoms with Gasteiger partial charge < -0.3 is 19.5 Å². The number of benzene rings is 3. The molecule has 0 bridgehead atoms. The second-order valence-electron chi connectivity index (χ2n) is 13.3. The molecule has 3 aromatic carbocycles. The molecular formula is C36H48N2O3. The fraction of sp³-hybridized carbons (Fsp3) is 0.500. The fourth-order valence-electron chi connectivity index (χ4n) is 7.29. The van der Waals surface area contributed by atoms with Gasteiger partial charge in [0.25, 0.3) is 0 Å². The van der Waals surface area contributed by atoms with Crippen LogP contribution >= 0.6 is 0 Å². The number of anilines is 1.